The van der Waals surface area contributed by atoms with Crippen LogP contribution in [-0.4, -0.2) is 22.4 Å². The Labute approximate surface area is 118 Å². The smallest absolute Gasteiger partial charge is 0.0833 e. The van der Waals surface area contributed by atoms with Crippen molar-refractivity contribution < 1.29 is 10.2 Å². The molecule has 0 aromatic carbocycles. The maximum atomic E-state index is 9.80. The summed E-state index contributed by atoms with van der Waals surface area (Å²) in [6.45, 7) is 5.79. The molecule has 0 amide bonds. The first-order valence-corrected chi connectivity index (χ1v) is 7.49. The van der Waals surface area contributed by atoms with Gasteiger partial charge in [-0.05, 0) is 38.5 Å². The normalized spacial score (nSPS) is 15.1. The molecule has 0 heterocycles. The van der Waals surface area contributed by atoms with Gasteiger partial charge in [-0.3, -0.25) is 0 Å². The lowest BCUT2D eigenvalue weighted by Crippen LogP contribution is -2.25. The summed E-state index contributed by atoms with van der Waals surface area (Å²) in [5.41, 5.74) is 0. The highest BCUT2D eigenvalue weighted by Crippen LogP contribution is 2.11. The number of hydrogen-bond donors (Lipinski definition) is 2. The summed E-state index contributed by atoms with van der Waals surface area (Å²) in [7, 11) is 0. The number of unbranched alkanes of at least 4 members (excludes halogenated alkanes) is 3. The molecular weight excluding hydrogens is 236 g/mol. The first-order chi connectivity index (χ1) is 9.22. The van der Waals surface area contributed by atoms with E-state index < -0.39 is 12.2 Å². The van der Waals surface area contributed by atoms with Crippen molar-refractivity contribution in [3.05, 3.63) is 37.0 Å². The summed E-state index contributed by atoms with van der Waals surface area (Å²) in [4.78, 5) is 0. The summed E-state index contributed by atoms with van der Waals surface area (Å²) in [6, 6.07) is 0. The summed E-state index contributed by atoms with van der Waals surface area (Å²) >= 11 is 0. The molecule has 0 radical (unpaired) electrons. The number of hydrogen-bond acceptors (Lipinski definition) is 2. The van der Waals surface area contributed by atoms with Crippen LogP contribution in [0.2, 0.25) is 0 Å². The Bertz CT molecular complexity index is 256. The molecule has 0 aliphatic carbocycles. The van der Waals surface area contributed by atoms with Gasteiger partial charge in [-0.2, -0.15) is 0 Å². The van der Waals surface area contributed by atoms with Gasteiger partial charge in [0.25, 0.3) is 0 Å². The van der Waals surface area contributed by atoms with Crippen molar-refractivity contribution in [2.24, 2.45) is 0 Å². The first-order valence-electron chi connectivity index (χ1n) is 7.49. The minimum absolute atomic E-state index is 0.536. The predicted octanol–water partition coefficient (Wildman–Crippen LogP) is 4.15. The maximum absolute atomic E-state index is 9.80. The molecule has 0 saturated heterocycles. The van der Waals surface area contributed by atoms with Gasteiger partial charge in [-0.25, -0.2) is 0 Å². The molecule has 110 valence electrons. The molecule has 0 fully saturated rings. The molecule has 2 unspecified atom stereocenters. The molecule has 19 heavy (non-hydrogen) atoms. The fraction of sp³-hybridized carbons (Fsp3) is 0.647. The van der Waals surface area contributed by atoms with Gasteiger partial charge in [0.15, 0.2) is 0 Å². The van der Waals surface area contributed by atoms with Crippen molar-refractivity contribution in [3.63, 3.8) is 0 Å². The van der Waals surface area contributed by atoms with Crippen LogP contribution in [0.1, 0.15) is 58.3 Å². The second-order valence-electron chi connectivity index (χ2n) is 4.88. The zero-order valence-electron chi connectivity index (χ0n) is 12.3. The van der Waals surface area contributed by atoms with Crippen molar-refractivity contribution in [2.45, 2.75) is 70.5 Å². The van der Waals surface area contributed by atoms with E-state index in [9.17, 15) is 10.2 Å². The van der Waals surface area contributed by atoms with E-state index in [1.807, 2.05) is 18.2 Å². The Morgan fingerprint density at radius 3 is 2.37 bits per heavy atom. The summed E-state index contributed by atoms with van der Waals surface area (Å²) in [5, 5.41) is 19.6. The van der Waals surface area contributed by atoms with Crippen molar-refractivity contribution in [1.82, 2.24) is 0 Å². The zero-order chi connectivity index (χ0) is 14.3. The van der Waals surface area contributed by atoms with Crippen LogP contribution in [0.4, 0.5) is 0 Å². The molecule has 0 bridgehead atoms. The van der Waals surface area contributed by atoms with Gasteiger partial charge in [0.05, 0.1) is 12.2 Å². The predicted molar refractivity (Wildman–Crippen MR) is 83.1 cm³/mol. The van der Waals surface area contributed by atoms with Gasteiger partial charge < -0.3 is 10.2 Å². The second-order valence-corrected chi connectivity index (χ2v) is 4.88. The average Bonchev–Trinajstić information content (AvgIpc) is 2.42. The standard InChI is InChI=1S/C17H30O2/c1-3-5-7-9-11-13-15-17(19)16(18)14-12-10-8-6-4-2/h4-5,7,11,13,16-19H,2-3,6,8-10,12,14-15H2,1H3/b7-5-,13-11-. The van der Waals surface area contributed by atoms with Gasteiger partial charge in [-0.1, -0.05) is 50.1 Å². The number of allylic oxidation sites excluding steroid dienone is 4. The van der Waals surface area contributed by atoms with E-state index in [4.69, 9.17) is 0 Å². The van der Waals surface area contributed by atoms with E-state index in [-0.39, 0.29) is 0 Å². The first kappa shape index (κ1) is 18.1. The van der Waals surface area contributed by atoms with Crippen LogP contribution in [0, 0.1) is 0 Å². The van der Waals surface area contributed by atoms with Crippen molar-refractivity contribution in [3.8, 4) is 0 Å². The van der Waals surface area contributed by atoms with Crippen LogP contribution >= 0.6 is 0 Å². The van der Waals surface area contributed by atoms with E-state index in [2.05, 4.69) is 25.7 Å². The Balaban J connectivity index is 3.60. The van der Waals surface area contributed by atoms with Crippen LogP contribution in [0.3, 0.4) is 0 Å². The average molecular weight is 266 g/mol. The van der Waals surface area contributed by atoms with Gasteiger partial charge in [0.1, 0.15) is 0 Å². The molecule has 0 aromatic rings. The molecule has 2 N–H and O–H groups in total. The highest BCUT2D eigenvalue weighted by Gasteiger charge is 2.13. The Morgan fingerprint density at radius 1 is 0.947 bits per heavy atom. The Hall–Kier alpha value is -0.860. The van der Waals surface area contributed by atoms with E-state index in [1.165, 1.54) is 0 Å². The molecule has 0 aliphatic rings. The second kappa shape index (κ2) is 13.6. The molecule has 0 rings (SSSR count). The number of aliphatic hydroxyl groups excluding tert-OH is 2. The molecular formula is C17H30O2. The molecule has 0 spiro atoms. The van der Waals surface area contributed by atoms with Crippen molar-refractivity contribution in [2.75, 3.05) is 0 Å². The summed E-state index contributed by atoms with van der Waals surface area (Å²) in [5.74, 6) is 0. The molecule has 2 atom stereocenters. The molecule has 2 heteroatoms. The van der Waals surface area contributed by atoms with Crippen molar-refractivity contribution in [1.29, 1.82) is 0 Å². The fourth-order valence-corrected chi connectivity index (χ4v) is 1.84. The van der Waals surface area contributed by atoms with Gasteiger partial charge in [0.2, 0.25) is 0 Å². The highest BCUT2D eigenvalue weighted by atomic mass is 16.3. The molecule has 2 nitrogen and oxygen atoms in total. The Morgan fingerprint density at radius 2 is 1.68 bits per heavy atom. The topological polar surface area (TPSA) is 40.5 Å². The third-order valence-electron chi connectivity index (χ3n) is 3.07. The molecule has 0 saturated carbocycles. The maximum Gasteiger partial charge on any atom is 0.0833 e. The monoisotopic (exact) mass is 266 g/mol. The van der Waals surface area contributed by atoms with Gasteiger partial charge in [0, 0.05) is 0 Å². The van der Waals surface area contributed by atoms with E-state index >= 15 is 0 Å². The van der Waals surface area contributed by atoms with Crippen LogP contribution in [0.5, 0.6) is 0 Å². The lowest BCUT2D eigenvalue weighted by molar-refractivity contribution is 0.0153. The molecule has 0 aromatic heterocycles. The minimum atomic E-state index is -0.634. The quantitative estimate of drug-likeness (QED) is 0.411. The summed E-state index contributed by atoms with van der Waals surface area (Å²) in [6.07, 6.45) is 16.3. The highest BCUT2D eigenvalue weighted by molar-refractivity contribution is 4.93. The lowest BCUT2D eigenvalue weighted by atomic mass is 10.0. The van der Waals surface area contributed by atoms with Gasteiger partial charge in [-0.15, -0.1) is 6.58 Å². The lowest BCUT2D eigenvalue weighted by Gasteiger charge is -2.16. The summed E-state index contributed by atoms with van der Waals surface area (Å²) < 4.78 is 0. The van der Waals surface area contributed by atoms with E-state index in [0.29, 0.717) is 12.8 Å². The van der Waals surface area contributed by atoms with Crippen LogP contribution in [0.25, 0.3) is 0 Å². The number of aliphatic hydroxyl groups is 2. The fourth-order valence-electron chi connectivity index (χ4n) is 1.84. The van der Waals surface area contributed by atoms with Crippen LogP contribution < -0.4 is 0 Å². The SMILES string of the molecule is C=CCCCCCC(O)C(O)C/C=C\C/C=C\CC. The van der Waals surface area contributed by atoms with Crippen molar-refractivity contribution >= 4 is 0 Å². The third-order valence-corrected chi connectivity index (χ3v) is 3.07. The third kappa shape index (κ3) is 11.9. The van der Waals surface area contributed by atoms with Crippen LogP contribution in [0.15, 0.2) is 37.0 Å². The number of rotatable bonds is 12. The minimum Gasteiger partial charge on any atom is -0.390 e. The van der Waals surface area contributed by atoms with Crippen LogP contribution in [-0.2, 0) is 0 Å². The largest absolute Gasteiger partial charge is 0.390 e. The zero-order valence-corrected chi connectivity index (χ0v) is 12.3. The van der Waals surface area contributed by atoms with E-state index in [0.717, 1.165) is 38.5 Å². The van der Waals surface area contributed by atoms with Gasteiger partial charge >= 0.3 is 0 Å². The van der Waals surface area contributed by atoms with E-state index in [1.54, 1.807) is 0 Å². The Kier molecular flexibility index (Phi) is 13.0. The molecule has 0 aliphatic heterocycles.